The largest absolute Gasteiger partial charge is 0.467 e. The number of carbonyl (C=O) groups excluding carboxylic acids is 3. The summed E-state index contributed by atoms with van der Waals surface area (Å²) in [6.07, 6.45) is 0.412. The number of ether oxygens (including phenoxy) is 1. The van der Waals surface area contributed by atoms with Crippen molar-refractivity contribution in [3.63, 3.8) is 0 Å². The lowest BCUT2D eigenvalue weighted by Crippen LogP contribution is -2.45. The molecule has 0 aliphatic carbocycles. The Bertz CT molecular complexity index is 771. The fourth-order valence-electron chi connectivity index (χ4n) is 2.27. The smallest absolute Gasteiger partial charge is 0.341 e. The van der Waals surface area contributed by atoms with Gasteiger partial charge in [-0.3, -0.25) is 10.1 Å². The molecular formula is C18H21N3O5. The number of hydrogen-bond donors (Lipinski definition) is 3. The number of imide groups is 1. The van der Waals surface area contributed by atoms with Crippen molar-refractivity contribution in [3.8, 4) is 0 Å². The Morgan fingerprint density at radius 2 is 1.88 bits per heavy atom. The van der Waals surface area contributed by atoms with Crippen molar-refractivity contribution in [3.05, 3.63) is 54.0 Å². The van der Waals surface area contributed by atoms with E-state index in [4.69, 9.17) is 14.9 Å². The monoisotopic (exact) mass is 359 g/mol. The SMILES string of the molecule is CC(C)C(OC(=O)c1ccccc1NCc1ccco1)C(=O)NC(N)=O. The van der Waals surface area contributed by atoms with Gasteiger partial charge in [0, 0.05) is 5.69 Å². The third-order valence-electron chi connectivity index (χ3n) is 3.52. The third kappa shape index (κ3) is 5.10. The average molecular weight is 359 g/mol. The number of furan rings is 1. The van der Waals surface area contributed by atoms with Crippen LogP contribution < -0.4 is 16.4 Å². The minimum atomic E-state index is -1.15. The summed E-state index contributed by atoms with van der Waals surface area (Å²) in [6, 6.07) is 9.31. The highest BCUT2D eigenvalue weighted by molar-refractivity contribution is 6.00. The molecule has 0 radical (unpaired) electrons. The van der Waals surface area contributed by atoms with E-state index < -0.39 is 24.0 Å². The minimum Gasteiger partial charge on any atom is -0.467 e. The second kappa shape index (κ2) is 8.70. The molecule has 1 aromatic heterocycles. The van der Waals surface area contributed by atoms with Crippen LogP contribution in [0.1, 0.15) is 30.0 Å². The molecule has 0 saturated heterocycles. The summed E-state index contributed by atoms with van der Waals surface area (Å²) in [5.41, 5.74) is 5.75. The highest BCUT2D eigenvalue weighted by atomic mass is 16.5. The topological polar surface area (TPSA) is 124 Å². The number of nitrogens with one attached hydrogen (secondary N) is 2. The van der Waals surface area contributed by atoms with Gasteiger partial charge in [-0.1, -0.05) is 26.0 Å². The second-order valence-corrected chi connectivity index (χ2v) is 5.90. The Hall–Kier alpha value is -3.29. The number of carbonyl (C=O) groups is 3. The molecule has 26 heavy (non-hydrogen) atoms. The Morgan fingerprint density at radius 3 is 2.50 bits per heavy atom. The normalized spacial score (nSPS) is 11.7. The van der Waals surface area contributed by atoms with Crippen molar-refractivity contribution in [2.24, 2.45) is 11.7 Å². The molecule has 1 unspecified atom stereocenters. The van der Waals surface area contributed by atoms with Gasteiger partial charge in [0.2, 0.25) is 0 Å². The first-order chi connectivity index (χ1) is 12.4. The number of rotatable bonds is 7. The number of esters is 1. The zero-order chi connectivity index (χ0) is 19.1. The number of primary amides is 1. The Labute approximate surface area is 150 Å². The maximum atomic E-state index is 12.6. The first kappa shape index (κ1) is 19.0. The first-order valence-corrected chi connectivity index (χ1v) is 8.05. The van der Waals surface area contributed by atoms with Gasteiger partial charge < -0.3 is 20.2 Å². The third-order valence-corrected chi connectivity index (χ3v) is 3.52. The molecular weight excluding hydrogens is 338 g/mol. The highest BCUT2D eigenvalue weighted by Gasteiger charge is 2.28. The van der Waals surface area contributed by atoms with Crippen LogP contribution in [0.3, 0.4) is 0 Å². The zero-order valence-corrected chi connectivity index (χ0v) is 14.5. The molecule has 2 aromatic rings. The fourth-order valence-corrected chi connectivity index (χ4v) is 2.27. The van der Waals surface area contributed by atoms with Gasteiger partial charge >= 0.3 is 12.0 Å². The summed E-state index contributed by atoms with van der Waals surface area (Å²) in [7, 11) is 0. The molecule has 0 aliphatic heterocycles. The van der Waals surface area contributed by atoms with Crippen molar-refractivity contribution >= 4 is 23.6 Å². The molecule has 138 valence electrons. The lowest BCUT2D eigenvalue weighted by molar-refractivity contribution is -0.130. The van der Waals surface area contributed by atoms with Crippen LogP contribution in [-0.2, 0) is 16.1 Å². The van der Waals surface area contributed by atoms with Gasteiger partial charge in [0.15, 0.2) is 6.10 Å². The molecule has 1 heterocycles. The van der Waals surface area contributed by atoms with E-state index in [2.05, 4.69) is 5.32 Å². The molecule has 0 fully saturated rings. The van der Waals surface area contributed by atoms with Gasteiger partial charge in [0.1, 0.15) is 5.76 Å². The van der Waals surface area contributed by atoms with Crippen molar-refractivity contribution < 1.29 is 23.5 Å². The number of benzene rings is 1. The van der Waals surface area contributed by atoms with Crippen molar-refractivity contribution in [2.75, 3.05) is 5.32 Å². The number of anilines is 1. The number of hydrogen-bond acceptors (Lipinski definition) is 6. The predicted octanol–water partition coefficient (Wildman–Crippen LogP) is 2.27. The highest BCUT2D eigenvalue weighted by Crippen LogP contribution is 2.19. The van der Waals surface area contributed by atoms with Crippen LogP contribution in [0.4, 0.5) is 10.5 Å². The minimum absolute atomic E-state index is 0.261. The van der Waals surface area contributed by atoms with Gasteiger partial charge in [-0.05, 0) is 30.2 Å². The van der Waals surface area contributed by atoms with Crippen molar-refractivity contribution in [1.82, 2.24) is 5.32 Å². The molecule has 1 aromatic carbocycles. The van der Waals surface area contributed by atoms with Gasteiger partial charge in [-0.15, -0.1) is 0 Å². The molecule has 0 saturated carbocycles. The van der Waals surface area contributed by atoms with Gasteiger partial charge in [-0.25, -0.2) is 9.59 Å². The number of nitrogens with two attached hydrogens (primary N) is 1. The molecule has 4 N–H and O–H groups in total. The second-order valence-electron chi connectivity index (χ2n) is 5.90. The number of urea groups is 1. The van der Waals surface area contributed by atoms with Gasteiger partial charge in [-0.2, -0.15) is 0 Å². The summed E-state index contributed by atoms with van der Waals surface area (Å²) in [5.74, 6) is -1.09. The van der Waals surface area contributed by atoms with Crippen LogP contribution >= 0.6 is 0 Å². The van der Waals surface area contributed by atoms with E-state index in [1.165, 1.54) is 0 Å². The van der Waals surface area contributed by atoms with Gasteiger partial charge in [0.25, 0.3) is 5.91 Å². The molecule has 3 amide bonds. The molecule has 8 heteroatoms. The lowest BCUT2D eigenvalue weighted by Gasteiger charge is -2.20. The number of para-hydroxylation sites is 1. The summed E-state index contributed by atoms with van der Waals surface area (Å²) >= 11 is 0. The standard InChI is InChI=1S/C18H21N3O5/c1-11(2)15(16(22)21-18(19)24)26-17(23)13-7-3-4-8-14(13)20-10-12-6-5-9-25-12/h3-9,11,15,20H,10H2,1-2H3,(H3,19,21,22,24). The molecule has 1 atom stereocenters. The van der Waals surface area contributed by atoms with E-state index in [9.17, 15) is 14.4 Å². The van der Waals surface area contributed by atoms with E-state index >= 15 is 0 Å². The summed E-state index contributed by atoms with van der Waals surface area (Å²) in [4.78, 5) is 35.4. The zero-order valence-electron chi connectivity index (χ0n) is 14.5. The van der Waals surface area contributed by atoms with Crippen molar-refractivity contribution in [1.29, 1.82) is 0 Å². The maximum absolute atomic E-state index is 12.6. The average Bonchev–Trinajstić information content (AvgIpc) is 3.10. The Morgan fingerprint density at radius 1 is 1.15 bits per heavy atom. The Kier molecular flexibility index (Phi) is 6.37. The van der Waals surface area contributed by atoms with E-state index in [0.29, 0.717) is 18.0 Å². The summed E-state index contributed by atoms with van der Waals surface area (Å²) < 4.78 is 10.6. The van der Waals surface area contributed by atoms with Crippen LogP contribution in [0.5, 0.6) is 0 Å². The molecule has 0 spiro atoms. The van der Waals surface area contributed by atoms with Crippen molar-refractivity contribution in [2.45, 2.75) is 26.5 Å². The van der Waals surface area contributed by atoms with Gasteiger partial charge in [0.05, 0.1) is 18.4 Å². The molecule has 0 bridgehead atoms. The van der Waals surface area contributed by atoms with Crippen LogP contribution in [0.25, 0.3) is 0 Å². The maximum Gasteiger partial charge on any atom is 0.341 e. The fraction of sp³-hybridized carbons (Fsp3) is 0.278. The lowest BCUT2D eigenvalue weighted by atomic mass is 10.1. The first-order valence-electron chi connectivity index (χ1n) is 8.05. The summed E-state index contributed by atoms with van der Waals surface area (Å²) in [5, 5.41) is 5.03. The van der Waals surface area contributed by atoms with Crippen LogP contribution in [-0.4, -0.2) is 24.0 Å². The van der Waals surface area contributed by atoms with E-state index in [-0.39, 0.29) is 11.5 Å². The van der Waals surface area contributed by atoms with E-state index in [1.54, 1.807) is 56.5 Å². The van der Waals surface area contributed by atoms with Crippen LogP contribution in [0.2, 0.25) is 0 Å². The van der Waals surface area contributed by atoms with Crippen LogP contribution in [0, 0.1) is 5.92 Å². The Balaban J connectivity index is 2.12. The quantitative estimate of drug-likeness (QED) is 0.652. The molecule has 2 rings (SSSR count). The van der Waals surface area contributed by atoms with Crippen LogP contribution in [0.15, 0.2) is 47.1 Å². The summed E-state index contributed by atoms with van der Waals surface area (Å²) in [6.45, 7) is 3.77. The van der Waals surface area contributed by atoms with E-state index in [0.717, 1.165) is 0 Å². The molecule has 0 aliphatic rings. The molecule has 8 nitrogen and oxygen atoms in total. The number of amides is 3. The van der Waals surface area contributed by atoms with E-state index in [1.807, 2.05) is 5.32 Å². The predicted molar refractivity (Wildman–Crippen MR) is 94.2 cm³/mol.